The average molecular weight is 389 g/mol. The Morgan fingerprint density at radius 3 is 2.07 bits per heavy atom. The molecule has 0 bridgehead atoms. The van der Waals surface area contributed by atoms with E-state index >= 15 is 0 Å². The van der Waals surface area contributed by atoms with E-state index in [2.05, 4.69) is 12.2 Å². The van der Waals surface area contributed by atoms with E-state index in [1.807, 2.05) is 26.0 Å². The normalized spacial score (nSPS) is 15.3. The van der Waals surface area contributed by atoms with Crippen molar-refractivity contribution in [2.75, 3.05) is 32.8 Å². The van der Waals surface area contributed by atoms with Crippen molar-refractivity contribution in [3.8, 4) is 0 Å². The molecule has 1 aliphatic heterocycles. The summed E-state index contributed by atoms with van der Waals surface area (Å²) < 4.78 is 5.01. The summed E-state index contributed by atoms with van der Waals surface area (Å²) in [5.74, 6) is -0.411. The van der Waals surface area contributed by atoms with Crippen LogP contribution in [-0.2, 0) is 16.0 Å². The lowest BCUT2D eigenvalue weighted by atomic mass is 10.0. The van der Waals surface area contributed by atoms with Crippen molar-refractivity contribution < 1.29 is 19.1 Å². The zero-order chi connectivity index (χ0) is 20.7. The smallest absolute Gasteiger partial charge is 0.409 e. The molecule has 1 aromatic carbocycles. The number of hydrogen-bond donors (Lipinski definition) is 1. The third-order valence-electron chi connectivity index (χ3n) is 4.96. The Morgan fingerprint density at radius 2 is 1.57 bits per heavy atom. The van der Waals surface area contributed by atoms with Crippen LogP contribution in [0.3, 0.4) is 0 Å². The topological polar surface area (TPSA) is 79.0 Å². The van der Waals surface area contributed by atoms with Crippen LogP contribution in [0.15, 0.2) is 24.3 Å². The molecule has 1 aliphatic rings. The van der Waals surface area contributed by atoms with Gasteiger partial charge in [-0.3, -0.25) is 9.59 Å². The number of carbonyl (C=O) groups excluding carboxylic acids is 3. The predicted molar refractivity (Wildman–Crippen MR) is 107 cm³/mol. The van der Waals surface area contributed by atoms with Crippen LogP contribution in [0.2, 0.25) is 0 Å². The molecule has 28 heavy (non-hydrogen) atoms. The lowest BCUT2D eigenvalue weighted by Crippen LogP contribution is -2.57. The molecule has 3 amide bonds. The van der Waals surface area contributed by atoms with Crippen molar-refractivity contribution >= 4 is 17.9 Å². The number of amides is 3. The van der Waals surface area contributed by atoms with E-state index in [9.17, 15) is 14.4 Å². The highest BCUT2D eigenvalue weighted by Gasteiger charge is 2.32. The Balaban J connectivity index is 1.98. The molecule has 1 saturated heterocycles. The van der Waals surface area contributed by atoms with E-state index in [1.54, 1.807) is 28.9 Å². The zero-order valence-corrected chi connectivity index (χ0v) is 17.2. The third-order valence-corrected chi connectivity index (χ3v) is 4.96. The fourth-order valence-electron chi connectivity index (χ4n) is 3.15. The standard InChI is InChI=1S/C21H31N3O4/c1-5-16-7-9-17(10-8-16)19(25)22-18(15(3)4)20(26)23-11-13-24(14-12-23)21(27)28-6-2/h7-10,15,18H,5-6,11-14H2,1-4H3,(H,22,25)/t18-/m1/s1. The lowest BCUT2D eigenvalue weighted by Gasteiger charge is -2.36. The Kier molecular flexibility index (Phi) is 7.84. The molecule has 0 saturated carbocycles. The van der Waals surface area contributed by atoms with Crippen molar-refractivity contribution in [3.05, 3.63) is 35.4 Å². The first kappa shape index (κ1) is 21.7. The van der Waals surface area contributed by atoms with Gasteiger partial charge in [0.15, 0.2) is 0 Å². The minimum atomic E-state index is -0.604. The maximum Gasteiger partial charge on any atom is 0.409 e. The van der Waals surface area contributed by atoms with E-state index in [0.29, 0.717) is 38.3 Å². The second-order valence-corrected chi connectivity index (χ2v) is 7.26. The predicted octanol–water partition coefficient (Wildman–Crippen LogP) is 2.30. The maximum absolute atomic E-state index is 13.0. The summed E-state index contributed by atoms with van der Waals surface area (Å²) in [5, 5.41) is 2.89. The molecular weight excluding hydrogens is 358 g/mol. The molecule has 0 unspecified atom stereocenters. The summed E-state index contributed by atoms with van der Waals surface area (Å²) in [6.45, 7) is 9.72. The minimum absolute atomic E-state index is 0.0468. The van der Waals surface area contributed by atoms with Gasteiger partial charge in [0, 0.05) is 31.7 Å². The molecule has 0 aromatic heterocycles. The van der Waals surface area contributed by atoms with E-state index in [4.69, 9.17) is 4.74 Å². The summed E-state index contributed by atoms with van der Waals surface area (Å²) in [5.41, 5.74) is 1.70. The minimum Gasteiger partial charge on any atom is -0.450 e. The van der Waals surface area contributed by atoms with Crippen LogP contribution in [0.4, 0.5) is 4.79 Å². The number of carbonyl (C=O) groups is 3. The van der Waals surface area contributed by atoms with Crippen molar-refractivity contribution in [2.45, 2.75) is 40.2 Å². The van der Waals surface area contributed by atoms with Gasteiger partial charge in [0.1, 0.15) is 6.04 Å². The van der Waals surface area contributed by atoms with Gasteiger partial charge in [0.2, 0.25) is 5.91 Å². The SMILES string of the molecule is CCOC(=O)N1CCN(C(=O)[C@H](NC(=O)c2ccc(CC)cc2)C(C)C)CC1. The van der Waals surface area contributed by atoms with Crippen molar-refractivity contribution in [1.29, 1.82) is 0 Å². The average Bonchev–Trinajstić information content (AvgIpc) is 2.71. The van der Waals surface area contributed by atoms with E-state index < -0.39 is 6.04 Å². The summed E-state index contributed by atoms with van der Waals surface area (Å²) in [6, 6.07) is 6.82. The second kappa shape index (κ2) is 10.1. The van der Waals surface area contributed by atoms with Gasteiger partial charge in [-0.05, 0) is 37.0 Å². The van der Waals surface area contributed by atoms with Crippen LogP contribution in [0.25, 0.3) is 0 Å². The molecule has 1 fully saturated rings. The maximum atomic E-state index is 13.0. The first-order chi connectivity index (χ1) is 13.4. The van der Waals surface area contributed by atoms with Gasteiger partial charge in [0.25, 0.3) is 5.91 Å². The molecule has 0 aliphatic carbocycles. The van der Waals surface area contributed by atoms with Crippen molar-refractivity contribution in [1.82, 2.24) is 15.1 Å². The molecule has 7 heteroatoms. The largest absolute Gasteiger partial charge is 0.450 e. The number of rotatable bonds is 6. The number of piperazine rings is 1. The van der Waals surface area contributed by atoms with Crippen LogP contribution >= 0.6 is 0 Å². The Hall–Kier alpha value is -2.57. The molecule has 154 valence electrons. The van der Waals surface area contributed by atoms with Gasteiger partial charge >= 0.3 is 6.09 Å². The summed E-state index contributed by atoms with van der Waals surface area (Å²) >= 11 is 0. The molecule has 2 rings (SSSR count). The van der Waals surface area contributed by atoms with Crippen LogP contribution in [-0.4, -0.2) is 66.5 Å². The third kappa shape index (κ3) is 5.47. The van der Waals surface area contributed by atoms with Gasteiger partial charge in [0.05, 0.1) is 6.61 Å². The molecule has 1 heterocycles. The number of hydrogen-bond acceptors (Lipinski definition) is 4. The summed E-state index contributed by atoms with van der Waals surface area (Å²) in [7, 11) is 0. The Morgan fingerprint density at radius 1 is 1.00 bits per heavy atom. The summed E-state index contributed by atoms with van der Waals surface area (Å²) in [4.78, 5) is 40.7. The molecular formula is C21H31N3O4. The number of ether oxygens (including phenoxy) is 1. The number of aryl methyl sites for hydroxylation is 1. The van der Waals surface area contributed by atoms with Gasteiger partial charge in [-0.1, -0.05) is 32.9 Å². The lowest BCUT2D eigenvalue weighted by molar-refractivity contribution is -0.135. The summed E-state index contributed by atoms with van der Waals surface area (Å²) in [6.07, 6.45) is 0.561. The van der Waals surface area contributed by atoms with E-state index in [1.165, 1.54) is 0 Å². The van der Waals surface area contributed by atoms with Gasteiger partial charge in [-0.25, -0.2) is 4.79 Å². The highest BCUT2D eigenvalue weighted by Crippen LogP contribution is 2.12. The van der Waals surface area contributed by atoms with Crippen LogP contribution in [0, 0.1) is 5.92 Å². The number of nitrogens with zero attached hydrogens (tertiary/aromatic N) is 2. The monoisotopic (exact) mass is 389 g/mol. The van der Waals surface area contributed by atoms with Gasteiger partial charge in [-0.2, -0.15) is 0 Å². The van der Waals surface area contributed by atoms with Gasteiger partial charge < -0.3 is 19.9 Å². The highest BCUT2D eigenvalue weighted by molar-refractivity contribution is 5.97. The molecule has 1 N–H and O–H groups in total. The molecule has 0 radical (unpaired) electrons. The fraction of sp³-hybridized carbons (Fsp3) is 0.571. The number of benzene rings is 1. The Labute approximate surface area is 167 Å². The molecule has 7 nitrogen and oxygen atoms in total. The van der Waals surface area contributed by atoms with Crippen LogP contribution in [0.5, 0.6) is 0 Å². The molecule has 1 atom stereocenters. The second-order valence-electron chi connectivity index (χ2n) is 7.26. The van der Waals surface area contributed by atoms with E-state index in [-0.39, 0.29) is 23.8 Å². The van der Waals surface area contributed by atoms with Crippen LogP contribution in [0.1, 0.15) is 43.6 Å². The zero-order valence-electron chi connectivity index (χ0n) is 17.2. The van der Waals surface area contributed by atoms with Gasteiger partial charge in [-0.15, -0.1) is 0 Å². The first-order valence-corrected chi connectivity index (χ1v) is 9.97. The fourth-order valence-corrected chi connectivity index (χ4v) is 3.15. The number of nitrogens with one attached hydrogen (secondary N) is 1. The van der Waals surface area contributed by atoms with E-state index in [0.717, 1.165) is 12.0 Å². The van der Waals surface area contributed by atoms with Crippen molar-refractivity contribution in [3.63, 3.8) is 0 Å². The Bertz CT molecular complexity index is 679. The first-order valence-electron chi connectivity index (χ1n) is 9.97. The molecule has 1 aromatic rings. The van der Waals surface area contributed by atoms with Crippen molar-refractivity contribution in [2.24, 2.45) is 5.92 Å². The quantitative estimate of drug-likeness (QED) is 0.810. The van der Waals surface area contributed by atoms with Crippen LogP contribution < -0.4 is 5.32 Å². The molecule has 0 spiro atoms. The highest BCUT2D eigenvalue weighted by atomic mass is 16.6.